The van der Waals surface area contributed by atoms with Gasteiger partial charge in [-0.1, -0.05) is 150 Å². The molecule has 0 saturated carbocycles. The Balaban J connectivity index is 1.56. The van der Waals surface area contributed by atoms with Gasteiger partial charge in [-0.15, -0.1) is 0 Å². The third-order valence-corrected chi connectivity index (χ3v) is 7.21. The lowest BCUT2D eigenvalue weighted by Gasteiger charge is -2.24. The van der Waals surface area contributed by atoms with Crippen LogP contribution in [0.2, 0.25) is 10.0 Å². The van der Waals surface area contributed by atoms with Crippen molar-refractivity contribution in [3.8, 4) is 23.7 Å². The van der Waals surface area contributed by atoms with E-state index < -0.39 is 11.2 Å². The number of rotatable bonds is 4. The van der Waals surface area contributed by atoms with E-state index in [9.17, 15) is 10.2 Å². The summed E-state index contributed by atoms with van der Waals surface area (Å²) in [4.78, 5) is 0. The van der Waals surface area contributed by atoms with E-state index in [-0.39, 0.29) is 0 Å². The Labute approximate surface area is 244 Å². The SMILES string of the molecule is OC(C#Cc1cccc(C#CC(O)(c2ccccc2)c2ccccc2Cl)c1)(c1ccccc1)c1ccccc1Cl. The molecule has 40 heavy (non-hydrogen) atoms. The molecule has 0 spiro atoms. The molecule has 2 nitrogen and oxygen atoms in total. The molecule has 0 heterocycles. The molecule has 0 aliphatic carbocycles. The molecule has 2 unspecified atom stereocenters. The van der Waals surface area contributed by atoms with Gasteiger partial charge >= 0.3 is 0 Å². The topological polar surface area (TPSA) is 40.5 Å². The van der Waals surface area contributed by atoms with Crippen molar-refractivity contribution in [2.75, 3.05) is 0 Å². The van der Waals surface area contributed by atoms with Gasteiger partial charge in [-0.3, -0.25) is 0 Å². The fourth-order valence-corrected chi connectivity index (χ4v) is 5.00. The second-order valence-corrected chi connectivity index (χ2v) is 10.0. The summed E-state index contributed by atoms with van der Waals surface area (Å²) in [6, 6.07) is 40.0. The van der Waals surface area contributed by atoms with E-state index >= 15 is 0 Å². The lowest BCUT2D eigenvalue weighted by Crippen LogP contribution is -2.25. The molecule has 0 saturated heterocycles. The predicted octanol–water partition coefficient (Wildman–Crippen LogP) is 7.57. The number of benzene rings is 5. The zero-order valence-corrected chi connectivity index (χ0v) is 22.9. The Hall–Kier alpha value is -4.28. The standard InChI is InChI=1S/C36H24Cl2O2/c37-33-20-9-7-18-31(33)35(39,29-14-3-1-4-15-29)24-22-27-12-11-13-28(26-27)23-25-36(40,30-16-5-2-6-17-30)32-19-8-10-21-34(32)38/h1-21,26,39-40H. The maximum Gasteiger partial charge on any atom is 0.178 e. The molecule has 0 aliphatic heterocycles. The predicted molar refractivity (Wildman–Crippen MR) is 162 cm³/mol. The van der Waals surface area contributed by atoms with Crippen LogP contribution in [-0.2, 0) is 11.2 Å². The van der Waals surface area contributed by atoms with Crippen LogP contribution >= 0.6 is 23.2 Å². The summed E-state index contributed by atoms with van der Waals surface area (Å²) in [5, 5.41) is 24.5. The van der Waals surface area contributed by atoms with Crippen LogP contribution in [0.1, 0.15) is 33.4 Å². The third kappa shape index (κ3) is 5.68. The van der Waals surface area contributed by atoms with Crippen molar-refractivity contribution in [1.82, 2.24) is 0 Å². The van der Waals surface area contributed by atoms with Crippen LogP contribution in [-0.4, -0.2) is 10.2 Å². The minimum absolute atomic E-state index is 0.419. The van der Waals surface area contributed by atoms with E-state index in [4.69, 9.17) is 23.2 Å². The number of aliphatic hydroxyl groups is 2. The van der Waals surface area contributed by atoms with Crippen LogP contribution in [0.5, 0.6) is 0 Å². The van der Waals surface area contributed by atoms with Crippen molar-refractivity contribution in [2.45, 2.75) is 11.2 Å². The minimum atomic E-state index is -1.63. The monoisotopic (exact) mass is 558 g/mol. The highest BCUT2D eigenvalue weighted by atomic mass is 35.5. The van der Waals surface area contributed by atoms with Crippen LogP contribution < -0.4 is 0 Å². The number of hydrogen-bond acceptors (Lipinski definition) is 2. The molecule has 0 radical (unpaired) electrons. The van der Waals surface area contributed by atoms with Gasteiger partial charge in [0.05, 0.1) is 0 Å². The van der Waals surface area contributed by atoms with Crippen LogP contribution in [0.4, 0.5) is 0 Å². The Morgan fingerprint density at radius 1 is 0.450 bits per heavy atom. The highest BCUT2D eigenvalue weighted by molar-refractivity contribution is 6.31. The molecular weight excluding hydrogens is 535 g/mol. The molecule has 0 bridgehead atoms. The van der Waals surface area contributed by atoms with E-state index in [1.807, 2.05) is 109 Å². The lowest BCUT2D eigenvalue weighted by atomic mass is 9.86. The maximum atomic E-state index is 11.8. The summed E-state index contributed by atoms with van der Waals surface area (Å²) in [6.07, 6.45) is 0. The first-order valence-electron chi connectivity index (χ1n) is 12.6. The van der Waals surface area contributed by atoms with E-state index in [0.717, 1.165) is 0 Å². The Bertz CT molecular complexity index is 1630. The number of halogens is 2. The molecule has 5 rings (SSSR count). The molecule has 2 atom stereocenters. The summed E-state index contributed by atoms with van der Waals surface area (Å²) in [7, 11) is 0. The van der Waals surface area contributed by atoms with Gasteiger partial charge in [0.2, 0.25) is 0 Å². The minimum Gasteiger partial charge on any atom is -0.369 e. The molecule has 0 fully saturated rings. The first kappa shape index (κ1) is 27.3. The van der Waals surface area contributed by atoms with Gasteiger partial charge in [0.15, 0.2) is 11.2 Å². The normalized spacial score (nSPS) is 13.5. The lowest BCUT2D eigenvalue weighted by molar-refractivity contribution is 0.145. The van der Waals surface area contributed by atoms with Crippen LogP contribution in [0.3, 0.4) is 0 Å². The van der Waals surface area contributed by atoms with Gasteiger partial charge in [0.25, 0.3) is 0 Å². The molecule has 0 aromatic heterocycles. The quantitative estimate of drug-likeness (QED) is 0.223. The van der Waals surface area contributed by atoms with E-state index in [0.29, 0.717) is 43.4 Å². The van der Waals surface area contributed by atoms with Gasteiger partial charge in [-0.2, -0.15) is 0 Å². The van der Waals surface area contributed by atoms with Crippen LogP contribution in [0, 0.1) is 23.7 Å². The van der Waals surface area contributed by atoms with Crippen molar-refractivity contribution in [2.24, 2.45) is 0 Å². The van der Waals surface area contributed by atoms with E-state index in [2.05, 4.69) is 23.7 Å². The second kappa shape index (κ2) is 11.8. The first-order chi connectivity index (χ1) is 19.4. The Kier molecular flexibility index (Phi) is 8.09. The molecular formula is C36H24Cl2O2. The highest BCUT2D eigenvalue weighted by Gasteiger charge is 2.32. The van der Waals surface area contributed by atoms with Crippen molar-refractivity contribution >= 4 is 23.2 Å². The number of hydrogen-bond donors (Lipinski definition) is 2. The van der Waals surface area contributed by atoms with Gasteiger partial charge < -0.3 is 10.2 Å². The van der Waals surface area contributed by atoms with Crippen molar-refractivity contribution in [3.63, 3.8) is 0 Å². The molecule has 5 aromatic carbocycles. The first-order valence-corrected chi connectivity index (χ1v) is 13.4. The fourth-order valence-electron chi connectivity index (χ4n) is 4.46. The highest BCUT2D eigenvalue weighted by Crippen LogP contribution is 2.35. The van der Waals surface area contributed by atoms with E-state index in [1.165, 1.54) is 0 Å². The molecule has 5 aromatic rings. The molecule has 0 amide bonds. The summed E-state index contributed by atoms with van der Waals surface area (Å²) in [5.74, 6) is 12.3. The average molecular weight is 559 g/mol. The zero-order chi connectivity index (χ0) is 28.0. The summed E-state index contributed by atoms with van der Waals surface area (Å²) < 4.78 is 0. The van der Waals surface area contributed by atoms with Gasteiger partial charge in [-0.05, 0) is 30.3 Å². The van der Waals surface area contributed by atoms with Gasteiger partial charge in [-0.25, -0.2) is 0 Å². The van der Waals surface area contributed by atoms with Gasteiger partial charge in [0, 0.05) is 43.4 Å². The summed E-state index contributed by atoms with van der Waals surface area (Å²) in [5.41, 5.74) is 0.262. The fraction of sp³-hybridized carbons (Fsp3) is 0.0556. The average Bonchev–Trinajstić information content (AvgIpc) is 3.00. The van der Waals surface area contributed by atoms with Crippen molar-refractivity contribution in [3.05, 3.63) is 177 Å². The van der Waals surface area contributed by atoms with Crippen molar-refractivity contribution in [1.29, 1.82) is 0 Å². The second-order valence-electron chi connectivity index (χ2n) is 9.19. The molecule has 0 aliphatic rings. The third-order valence-electron chi connectivity index (χ3n) is 6.55. The Morgan fingerprint density at radius 3 is 1.23 bits per heavy atom. The van der Waals surface area contributed by atoms with E-state index in [1.54, 1.807) is 24.3 Å². The molecule has 2 N–H and O–H groups in total. The molecule has 194 valence electrons. The summed E-state index contributed by atoms with van der Waals surface area (Å²) >= 11 is 13.0. The smallest absolute Gasteiger partial charge is 0.178 e. The largest absolute Gasteiger partial charge is 0.369 e. The molecule has 4 heteroatoms. The van der Waals surface area contributed by atoms with Crippen LogP contribution in [0.15, 0.2) is 133 Å². The maximum absolute atomic E-state index is 11.8. The van der Waals surface area contributed by atoms with Crippen LogP contribution in [0.25, 0.3) is 0 Å². The van der Waals surface area contributed by atoms with Crippen molar-refractivity contribution < 1.29 is 10.2 Å². The van der Waals surface area contributed by atoms with Gasteiger partial charge in [0.1, 0.15) is 0 Å². The summed E-state index contributed by atoms with van der Waals surface area (Å²) in [6.45, 7) is 0. The Morgan fingerprint density at radius 2 is 0.825 bits per heavy atom. The zero-order valence-electron chi connectivity index (χ0n) is 21.4.